The first-order chi connectivity index (χ1) is 17.6. The standard InChI is InChI=1S/C27H33N5O4/c33-26-15-24-22(25(29-28-24)18-31-5-1-2-6-31)14-23(26)27(34)32-16-19-3-4-21(13-20(19)17-32)36-12-9-30-7-10-35-11-8-30/h3-4,13-15,33H,1-2,5-12,16-18H2,(H,28,29). The number of morpholine rings is 1. The molecule has 3 aliphatic heterocycles. The summed E-state index contributed by atoms with van der Waals surface area (Å²) in [6.07, 6.45) is 2.42. The van der Waals surface area contributed by atoms with Crippen molar-refractivity contribution in [1.82, 2.24) is 24.9 Å². The molecule has 36 heavy (non-hydrogen) atoms. The van der Waals surface area contributed by atoms with Crippen molar-refractivity contribution < 1.29 is 19.4 Å². The van der Waals surface area contributed by atoms with E-state index < -0.39 is 0 Å². The number of amides is 1. The molecule has 9 nitrogen and oxygen atoms in total. The van der Waals surface area contributed by atoms with Crippen LogP contribution < -0.4 is 4.74 Å². The summed E-state index contributed by atoms with van der Waals surface area (Å²) in [6.45, 7) is 8.87. The Morgan fingerprint density at radius 3 is 2.67 bits per heavy atom. The fraction of sp³-hybridized carbons (Fsp3) is 0.481. The number of carbonyl (C=O) groups excluding carboxylic acids is 1. The molecule has 0 radical (unpaired) electrons. The third-order valence-corrected chi connectivity index (χ3v) is 7.53. The number of ether oxygens (including phenoxy) is 2. The third-order valence-electron chi connectivity index (χ3n) is 7.53. The zero-order valence-corrected chi connectivity index (χ0v) is 20.5. The van der Waals surface area contributed by atoms with E-state index >= 15 is 0 Å². The zero-order valence-electron chi connectivity index (χ0n) is 20.5. The fourth-order valence-electron chi connectivity index (χ4n) is 5.44. The number of likely N-dealkylation sites (tertiary alicyclic amines) is 1. The molecule has 3 aromatic rings. The first-order valence-corrected chi connectivity index (χ1v) is 12.9. The van der Waals surface area contributed by atoms with Gasteiger partial charge in [-0.05, 0) is 55.3 Å². The summed E-state index contributed by atoms with van der Waals surface area (Å²) in [6, 6.07) is 9.47. The van der Waals surface area contributed by atoms with E-state index in [1.165, 1.54) is 12.8 Å². The molecule has 2 aromatic carbocycles. The molecule has 1 aromatic heterocycles. The molecule has 0 atom stereocenters. The van der Waals surface area contributed by atoms with Crippen LogP contribution >= 0.6 is 0 Å². The number of nitrogens with one attached hydrogen (secondary N) is 1. The highest BCUT2D eigenvalue weighted by molar-refractivity contribution is 6.01. The molecule has 4 heterocycles. The minimum absolute atomic E-state index is 0.0213. The van der Waals surface area contributed by atoms with Gasteiger partial charge in [-0.25, -0.2) is 0 Å². The molecule has 9 heteroatoms. The van der Waals surface area contributed by atoms with Crippen LogP contribution in [0.4, 0.5) is 0 Å². The number of rotatable bonds is 7. The number of nitrogens with zero attached hydrogens (tertiary/aromatic N) is 4. The summed E-state index contributed by atoms with van der Waals surface area (Å²) in [5.74, 6) is 0.631. The highest BCUT2D eigenvalue weighted by Crippen LogP contribution is 2.32. The van der Waals surface area contributed by atoms with Gasteiger partial charge in [0.05, 0.1) is 30.0 Å². The van der Waals surface area contributed by atoms with Gasteiger partial charge in [0.1, 0.15) is 18.1 Å². The number of H-pyrrole nitrogens is 1. The maximum absolute atomic E-state index is 13.5. The number of carbonyl (C=O) groups is 1. The average molecular weight is 492 g/mol. The second-order valence-electron chi connectivity index (χ2n) is 9.96. The maximum Gasteiger partial charge on any atom is 0.258 e. The fourth-order valence-corrected chi connectivity index (χ4v) is 5.44. The van der Waals surface area contributed by atoms with Crippen molar-refractivity contribution in [2.24, 2.45) is 0 Å². The topological polar surface area (TPSA) is 94.2 Å². The molecule has 2 fully saturated rings. The molecule has 2 saturated heterocycles. The van der Waals surface area contributed by atoms with Gasteiger partial charge in [0.25, 0.3) is 5.91 Å². The smallest absolute Gasteiger partial charge is 0.258 e. The van der Waals surface area contributed by atoms with E-state index in [4.69, 9.17) is 9.47 Å². The van der Waals surface area contributed by atoms with Crippen molar-refractivity contribution >= 4 is 16.8 Å². The first-order valence-electron chi connectivity index (χ1n) is 12.9. The summed E-state index contributed by atoms with van der Waals surface area (Å²) in [4.78, 5) is 20.0. The van der Waals surface area contributed by atoms with Crippen LogP contribution in [0.15, 0.2) is 30.3 Å². The number of benzene rings is 2. The van der Waals surface area contributed by atoms with Gasteiger partial charge < -0.3 is 19.5 Å². The first kappa shape index (κ1) is 23.3. The highest BCUT2D eigenvalue weighted by atomic mass is 16.5. The Balaban J connectivity index is 1.13. The maximum atomic E-state index is 13.5. The number of aromatic amines is 1. The van der Waals surface area contributed by atoms with Gasteiger partial charge in [-0.15, -0.1) is 0 Å². The largest absolute Gasteiger partial charge is 0.507 e. The van der Waals surface area contributed by atoms with E-state index in [1.54, 1.807) is 17.0 Å². The minimum Gasteiger partial charge on any atom is -0.507 e. The lowest BCUT2D eigenvalue weighted by Gasteiger charge is -2.26. The van der Waals surface area contributed by atoms with Gasteiger partial charge in [-0.2, -0.15) is 5.10 Å². The molecule has 0 aliphatic carbocycles. The molecule has 0 saturated carbocycles. The van der Waals surface area contributed by atoms with Crippen LogP contribution in [0.2, 0.25) is 0 Å². The van der Waals surface area contributed by atoms with Gasteiger partial charge in [0.2, 0.25) is 0 Å². The number of hydrogen-bond acceptors (Lipinski definition) is 7. The van der Waals surface area contributed by atoms with Crippen molar-refractivity contribution in [3.63, 3.8) is 0 Å². The van der Waals surface area contributed by atoms with Crippen LogP contribution in [-0.2, 0) is 24.4 Å². The molecule has 2 N–H and O–H groups in total. The Morgan fingerprint density at radius 1 is 1.03 bits per heavy atom. The van der Waals surface area contributed by atoms with Crippen LogP contribution in [0.1, 0.15) is 40.0 Å². The molecule has 3 aliphatic rings. The quantitative estimate of drug-likeness (QED) is 0.525. The van der Waals surface area contributed by atoms with Gasteiger partial charge in [-0.3, -0.25) is 19.7 Å². The molecule has 190 valence electrons. The Kier molecular flexibility index (Phi) is 6.52. The van der Waals surface area contributed by atoms with E-state index in [9.17, 15) is 9.90 Å². The second-order valence-corrected chi connectivity index (χ2v) is 9.96. The zero-order chi connectivity index (χ0) is 24.5. The SMILES string of the molecule is O=C(c1cc2c(CN3CCCC3)n[nH]c2cc1O)N1Cc2ccc(OCCN3CCOCC3)cc2C1. The highest BCUT2D eigenvalue weighted by Gasteiger charge is 2.27. The van der Waals surface area contributed by atoms with Crippen molar-refractivity contribution in [2.75, 3.05) is 52.5 Å². The van der Waals surface area contributed by atoms with Crippen LogP contribution in [-0.4, -0.2) is 88.5 Å². The summed E-state index contributed by atoms with van der Waals surface area (Å²) >= 11 is 0. The van der Waals surface area contributed by atoms with Crippen molar-refractivity contribution in [1.29, 1.82) is 0 Å². The van der Waals surface area contributed by atoms with E-state index in [-0.39, 0.29) is 11.7 Å². The Hall–Kier alpha value is -3.14. The summed E-state index contributed by atoms with van der Waals surface area (Å²) in [7, 11) is 0. The summed E-state index contributed by atoms with van der Waals surface area (Å²) < 4.78 is 11.4. The molecule has 0 bridgehead atoms. The molecule has 0 spiro atoms. The number of phenolic OH excluding ortho intramolecular Hbond substituents is 1. The average Bonchev–Trinajstić information content (AvgIpc) is 3.64. The van der Waals surface area contributed by atoms with Gasteiger partial charge in [-0.1, -0.05) is 6.07 Å². The normalized spacial score (nSPS) is 18.7. The number of fused-ring (bicyclic) bond motifs is 2. The number of hydrogen-bond donors (Lipinski definition) is 2. The predicted molar refractivity (Wildman–Crippen MR) is 135 cm³/mol. The Morgan fingerprint density at radius 2 is 1.83 bits per heavy atom. The van der Waals surface area contributed by atoms with Crippen molar-refractivity contribution in [3.05, 3.63) is 52.7 Å². The van der Waals surface area contributed by atoms with E-state index in [0.29, 0.717) is 25.3 Å². The van der Waals surface area contributed by atoms with Crippen LogP contribution in [0.25, 0.3) is 10.9 Å². The predicted octanol–water partition coefficient (Wildman–Crippen LogP) is 2.73. The second kappa shape index (κ2) is 10.1. The number of aromatic nitrogens is 2. The summed E-state index contributed by atoms with van der Waals surface area (Å²) in [5.41, 5.74) is 4.20. The Bertz CT molecular complexity index is 1250. The monoisotopic (exact) mass is 491 g/mol. The van der Waals surface area contributed by atoms with E-state index in [0.717, 1.165) is 86.0 Å². The van der Waals surface area contributed by atoms with E-state index in [1.807, 2.05) is 18.2 Å². The molecular formula is C27H33N5O4. The van der Waals surface area contributed by atoms with Crippen molar-refractivity contribution in [2.45, 2.75) is 32.5 Å². The lowest BCUT2D eigenvalue weighted by molar-refractivity contribution is 0.0322. The molecule has 1 amide bonds. The van der Waals surface area contributed by atoms with Gasteiger partial charge in [0.15, 0.2) is 0 Å². The van der Waals surface area contributed by atoms with Crippen LogP contribution in [0.3, 0.4) is 0 Å². The van der Waals surface area contributed by atoms with E-state index in [2.05, 4.69) is 20.0 Å². The molecule has 6 rings (SSSR count). The van der Waals surface area contributed by atoms with Crippen molar-refractivity contribution in [3.8, 4) is 11.5 Å². The molecular weight excluding hydrogens is 458 g/mol. The van der Waals surface area contributed by atoms with Crippen LogP contribution in [0.5, 0.6) is 11.5 Å². The van der Waals surface area contributed by atoms with Gasteiger partial charge in [0, 0.05) is 50.7 Å². The summed E-state index contributed by atoms with van der Waals surface area (Å²) in [5, 5.41) is 19.0. The lowest BCUT2D eigenvalue weighted by Crippen LogP contribution is -2.38. The molecule has 0 unspecified atom stereocenters. The van der Waals surface area contributed by atoms with Crippen LogP contribution in [0, 0.1) is 0 Å². The number of phenols is 1. The third kappa shape index (κ3) is 4.78. The lowest BCUT2D eigenvalue weighted by atomic mass is 10.1. The number of aromatic hydroxyl groups is 1. The minimum atomic E-state index is -0.172. The Labute approximate surface area is 210 Å². The van der Waals surface area contributed by atoms with Gasteiger partial charge >= 0.3 is 0 Å².